The molecule has 0 heterocycles. The maximum Gasteiger partial charge on any atom is 0.255 e. The molecule has 1 N–H and O–H groups in total. The molecule has 4 nitrogen and oxygen atoms in total. The number of aryl methyl sites for hydroxylation is 1. The number of rotatable bonds is 12. The third-order valence-corrected chi connectivity index (χ3v) is 4.95. The maximum absolute atomic E-state index is 12.6. The van der Waals surface area contributed by atoms with E-state index in [1.54, 1.807) is 12.1 Å². The first-order chi connectivity index (χ1) is 15.2. The van der Waals surface area contributed by atoms with Crippen LogP contribution in [0.4, 0.5) is 5.69 Å². The number of hydrogen-bond acceptors (Lipinski definition) is 3. The van der Waals surface area contributed by atoms with Gasteiger partial charge in [-0.1, -0.05) is 56.2 Å². The van der Waals surface area contributed by atoms with Crippen LogP contribution in [0.15, 0.2) is 78.9 Å². The molecule has 0 saturated heterocycles. The minimum Gasteiger partial charge on any atom is -0.494 e. The number of carbonyl (C=O) groups is 1. The average molecular weight is 418 g/mol. The largest absolute Gasteiger partial charge is 0.494 e. The highest BCUT2D eigenvalue weighted by molar-refractivity contribution is 6.04. The topological polar surface area (TPSA) is 47.6 Å². The number of carbonyl (C=O) groups excluding carboxylic acids is 1. The second-order valence-electron chi connectivity index (χ2n) is 7.50. The molecule has 162 valence electrons. The maximum atomic E-state index is 12.6. The van der Waals surface area contributed by atoms with Crippen molar-refractivity contribution < 1.29 is 14.3 Å². The van der Waals surface area contributed by atoms with Crippen LogP contribution in [0, 0.1) is 0 Å². The summed E-state index contributed by atoms with van der Waals surface area (Å²) >= 11 is 0. The van der Waals surface area contributed by atoms with E-state index in [4.69, 9.17) is 9.47 Å². The molecule has 0 spiro atoms. The van der Waals surface area contributed by atoms with Crippen LogP contribution in [0.5, 0.6) is 11.5 Å². The van der Waals surface area contributed by atoms with Crippen LogP contribution < -0.4 is 14.8 Å². The van der Waals surface area contributed by atoms with Gasteiger partial charge in [0.2, 0.25) is 0 Å². The number of amides is 1. The van der Waals surface area contributed by atoms with E-state index in [1.807, 2.05) is 42.5 Å². The molecule has 0 aliphatic carbocycles. The SMILES string of the molecule is CCCCCOc1ccc(C(=O)Nc2cccc(OCCCc3ccccc3)c2)cc1. The zero-order valence-electron chi connectivity index (χ0n) is 18.2. The van der Waals surface area contributed by atoms with E-state index in [-0.39, 0.29) is 5.91 Å². The Labute approximate surface area is 185 Å². The van der Waals surface area contributed by atoms with Crippen molar-refractivity contribution in [2.75, 3.05) is 18.5 Å². The molecule has 3 aromatic rings. The summed E-state index contributed by atoms with van der Waals surface area (Å²) in [6, 6.07) is 25.1. The summed E-state index contributed by atoms with van der Waals surface area (Å²) in [6.45, 7) is 3.50. The van der Waals surface area contributed by atoms with Crippen LogP contribution in [-0.4, -0.2) is 19.1 Å². The van der Waals surface area contributed by atoms with Gasteiger partial charge in [0, 0.05) is 17.3 Å². The minimum absolute atomic E-state index is 0.154. The molecule has 3 rings (SSSR count). The van der Waals surface area contributed by atoms with Gasteiger partial charge < -0.3 is 14.8 Å². The molecule has 3 aromatic carbocycles. The van der Waals surface area contributed by atoms with E-state index in [0.29, 0.717) is 24.5 Å². The smallest absolute Gasteiger partial charge is 0.255 e. The van der Waals surface area contributed by atoms with Gasteiger partial charge in [0.1, 0.15) is 11.5 Å². The monoisotopic (exact) mass is 417 g/mol. The molecule has 4 heteroatoms. The van der Waals surface area contributed by atoms with E-state index in [0.717, 1.165) is 37.2 Å². The van der Waals surface area contributed by atoms with Crippen molar-refractivity contribution >= 4 is 11.6 Å². The van der Waals surface area contributed by atoms with Gasteiger partial charge in [-0.3, -0.25) is 4.79 Å². The Kier molecular flexibility index (Phi) is 8.99. The Hall–Kier alpha value is -3.27. The lowest BCUT2D eigenvalue weighted by Gasteiger charge is -2.10. The lowest BCUT2D eigenvalue weighted by atomic mass is 10.1. The molecule has 0 aliphatic rings. The Balaban J connectivity index is 1.45. The Morgan fingerprint density at radius 2 is 1.52 bits per heavy atom. The highest BCUT2D eigenvalue weighted by Crippen LogP contribution is 2.19. The Bertz CT molecular complexity index is 923. The summed E-state index contributed by atoms with van der Waals surface area (Å²) in [5.74, 6) is 1.39. The van der Waals surface area contributed by atoms with Crippen LogP contribution in [0.2, 0.25) is 0 Å². The van der Waals surface area contributed by atoms with Crippen molar-refractivity contribution in [1.29, 1.82) is 0 Å². The molecule has 0 unspecified atom stereocenters. The summed E-state index contributed by atoms with van der Waals surface area (Å²) < 4.78 is 11.6. The molecule has 0 radical (unpaired) electrons. The number of hydrogen-bond donors (Lipinski definition) is 1. The first kappa shape index (κ1) is 22.4. The van der Waals surface area contributed by atoms with Crippen LogP contribution in [0.3, 0.4) is 0 Å². The van der Waals surface area contributed by atoms with Gasteiger partial charge >= 0.3 is 0 Å². The van der Waals surface area contributed by atoms with E-state index >= 15 is 0 Å². The van der Waals surface area contributed by atoms with Crippen LogP contribution in [0.1, 0.15) is 48.5 Å². The molecule has 0 atom stereocenters. The van der Waals surface area contributed by atoms with E-state index in [1.165, 1.54) is 12.0 Å². The number of anilines is 1. The zero-order chi connectivity index (χ0) is 21.7. The summed E-state index contributed by atoms with van der Waals surface area (Å²) in [5.41, 5.74) is 2.62. The van der Waals surface area contributed by atoms with Gasteiger partial charge in [-0.25, -0.2) is 0 Å². The van der Waals surface area contributed by atoms with Gasteiger partial charge in [-0.2, -0.15) is 0 Å². The van der Waals surface area contributed by atoms with Crippen LogP contribution in [0.25, 0.3) is 0 Å². The molecule has 31 heavy (non-hydrogen) atoms. The number of ether oxygens (including phenoxy) is 2. The Morgan fingerprint density at radius 1 is 0.774 bits per heavy atom. The third-order valence-electron chi connectivity index (χ3n) is 4.95. The van der Waals surface area contributed by atoms with Crippen molar-refractivity contribution in [2.24, 2.45) is 0 Å². The molecule has 0 bridgehead atoms. The quantitative estimate of drug-likeness (QED) is 0.341. The van der Waals surface area contributed by atoms with Gasteiger partial charge in [0.05, 0.1) is 13.2 Å². The standard InChI is InChI=1S/C27H31NO3/c1-2-3-7-19-30-25-17-15-23(16-18-25)27(29)28-24-13-8-14-26(21-24)31-20-9-12-22-10-5-4-6-11-22/h4-6,8,10-11,13-18,21H,2-3,7,9,12,19-20H2,1H3,(H,28,29). The normalized spacial score (nSPS) is 10.5. The number of nitrogens with one attached hydrogen (secondary N) is 1. The highest BCUT2D eigenvalue weighted by Gasteiger charge is 2.07. The fourth-order valence-corrected chi connectivity index (χ4v) is 3.22. The van der Waals surface area contributed by atoms with Crippen molar-refractivity contribution in [3.05, 3.63) is 90.0 Å². The van der Waals surface area contributed by atoms with E-state index in [2.05, 4.69) is 36.5 Å². The van der Waals surface area contributed by atoms with Gasteiger partial charge in [0.15, 0.2) is 0 Å². The first-order valence-electron chi connectivity index (χ1n) is 11.1. The summed E-state index contributed by atoms with van der Waals surface area (Å²) in [6.07, 6.45) is 5.30. The van der Waals surface area contributed by atoms with Crippen molar-refractivity contribution in [3.8, 4) is 11.5 Å². The van der Waals surface area contributed by atoms with Crippen molar-refractivity contribution in [1.82, 2.24) is 0 Å². The zero-order valence-corrected chi connectivity index (χ0v) is 18.2. The van der Waals surface area contributed by atoms with Crippen molar-refractivity contribution in [3.63, 3.8) is 0 Å². The lowest BCUT2D eigenvalue weighted by molar-refractivity contribution is 0.102. The second-order valence-corrected chi connectivity index (χ2v) is 7.50. The highest BCUT2D eigenvalue weighted by atomic mass is 16.5. The first-order valence-corrected chi connectivity index (χ1v) is 11.1. The second kappa shape index (κ2) is 12.4. The molecule has 1 amide bonds. The molecule has 0 fully saturated rings. The summed E-state index contributed by atoms with van der Waals surface area (Å²) in [5, 5.41) is 2.93. The summed E-state index contributed by atoms with van der Waals surface area (Å²) in [7, 11) is 0. The molecule has 0 aromatic heterocycles. The van der Waals surface area contributed by atoms with Crippen LogP contribution in [-0.2, 0) is 6.42 Å². The van der Waals surface area contributed by atoms with Gasteiger partial charge in [0.25, 0.3) is 5.91 Å². The minimum atomic E-state index is -0.154. The number of benzene rings is 3. The predicted octanol–water partition coefficient (Wildman–Crippen LogP) is 6.52. The lowest BCUT2D eigenvalue weighted by Crippen LogP contribution is -2.12. The Morgan fingerprint density at radius 3 is 2.29 bits per heavy atom. The fraction of sp³-hybridized carbons (Fsp3) is 0.296. The predicted molar refractivity (Wildman–Crippen MR) is 126 cm³/mol. The van der Waals surface area contributed by atoms with E-state index in [9.17, 15) is 4.79 Å². The third kappa shape index (κ3) is 7.82. The molecule has 0 saturated carbocycles. The van der Waals surface area contributed by atoms with E-state index < -0.39 is 0 Å². The van der Waals surface area contributed by atoms with Gasteiger partial charge in [-0.15, -0.1) is 0 Å². The summed E-state index contributed by atoms with van der Waals surface area (Å²) in [4.78, 5) is 12.6. The fourth-order valence-electron chi connectivity index (χ4n) is 3.22. The van der Waals surface area contributed by atoms with Crippen molar-refractivity contribution in [2.45, 2.75) is 39.0 Å². The van der Waals surface area contributed by atoms with Gasteiger partial charge in [-0.05, 0) is 61.2 Å². The number of unbranched alkanes of at least 4 members (excludes halogenated alkanes) is 2. The molecular weight excluding hydrogens is 386 g/mol. The van der Waals surface area contributed by atoms with Crippen LogP contribution >= 0.6 is 0 Å². The average Bonchev–Trinajstić information content (AvgIpc) is 2.81. The molecule has 0 aliphatic heterocycles. The molecular formula is C27H31NO3.